The third-order valence-electron chi connectivity index (χ3n) is 3.49. The topological polar surface area (TPSA) is 70.6 Å². The van der Waals surface area contributed by atoms with Gasteiger partial charge in [-0.25, -0.2) is 4.79 Å². The van der Waals surface area contributed by atoms with Crippen molar-refractivity contribution in [2.75, 3.05) is 13.7 Å². The van der Waals surface area contributed by atoms with Crippen LogP contribution in [-0.2, 0) is 13.0 Å². The molecule has 0 aliphatic carbocycles. The fraction of sp³-hybridized carbons (Fsp3) is 0.278. The molecule has 2 rings (SSSR count). The lowest BCUT2D eigenvalue weighted by Crippen LogP contribution is -2.44. The van der Waals surface area contributed by atoms with E-state index >= 15 is 0 Å². The first-order valence-corrected chi connectivity index (χ1v) is 7.53. The van der Waals surface area contributed by atoms with Gasteiger partial charge in [-0.1, -0.05) is 42.5 Å². The molecule has 2 aromatic rings. The van der Waals surface area contributed by atoms with Crippen molar-refractivity contribution in [3.63, 3.8) is 0 Å². The Morgan fingerprint density at radius 2 is 1.78 bits per heavy atom. The highest BCUT2D eigenvalue weighted by Crippen LogP contribution is 2.10. The van der Waals surface area contributed by atoms with Gasteiger partial charge in [-0.3, -0.25) is 0 Å². The Morgan fingerprint density at radius 1 is 1.09 bits per heavy atom. The van der Waals surface area contributed by atoms with E-state index in [1.165, 1.54) is 0 Å². The minimum Gasteiger partial charge on any atom is -0.497 e. The minimum absolute atomic E-state index is 0.106. The molecule has 0 aliphatic heterocycles. The van der Waals surface area contributed by atoms with Gasteiger partial charge in [-0.2, -0.15) is 0 Å². The SMILES string of the molecule is COc1ccc(CNC(=O)NC(CO)Cc2ccccc2)cc1. The van der Waals surface area contributed by atoms with Gasteiger partial charge in [0.05, 0.1) is 19.8 Å². The Morgan fingerprint density at radius 3 is 2.39 bits per heavy atom. The number of hydrogen-bond donors (Lipinski definition) is 3. The molecule has 0 saturated carbocycles. The molecule has 0 fully saturated rings. The lowest BCUT2D eigenvalue weighted by molar-refractivity contribution is 0.215. The molecule has 23 heavy (non-hydrogen) atoms. The number of aliphatic hydroxyl groups excluding tert-OH is 1. The Labute approximate surface area is 136 Å². The van der Waals surface area contributed by atoms with Crippen molar-refractivity contribution in [3.05, 3.63) is 65.7 Å². The van der Waals surface area contributed by atoms with Gasteiger partial charge in [0.1, 0.15) is 5.75 Å². The third-order valence-corrected chi connectivity index (χ3v) is 3.49. The second-order valence-electron chi connectivity index (χ2n) is 5.24. The molecule has 122 valence electrons. The van der Waals surface area contributed by atoms with Crippen LogP contribution >= 0.6 is 0 Å². The molecule has 3 N–H and O–H groups in total. The summed E-state index contributed by atoms with van der Waals surface area (Å²) in [5, 5.41) is 15.0. The second-order valence-corrected chi connectivity index (χ2v) is 5.24. The van der Waals surface area contributed by atoms with Crippen LogP contribution in [0.15, 0.2) is 54.6 Å². The van der Waals surface area contributed by atoms with Crippen LogP contribution in [0.2, 0.25) is 0 Å². The van der Waals surface area contributed by atoms with Crippen LogP contribution in [-0.4, -0.2) is 30.9 Å². The van der Waals surface area contributed by atoms with Gasteiger partial charge in [0.25, 0.3) is 0 Å². The predicted molar refractivity (Wildman–Crippen MR) is 89.4 cm³/mol. The summed E-state index contributed by atoms with van der Waals surface area (Å²) >= 11 is 0. The molecule has 2 aromatic carbocycles. The number of ether oxygens (including phenoxy) is 1. The first kappa shape index (κ1) is 16.8. The Bertz CT molecular complexity index is 599. The lowest BCUT2D eigenvalue weighted by atomic mass is 10.1. The molecule has 1 unspecified atom stereocenters. The van der Waals surface area contributed by atoms with Gasteiger partial charge >= 0.3 is 6.03 Å². The van der Waals surface area contributed by atoms with Gasteiger partial charge in [0.15, 0.2) is 0 Å². The predicted octanol–water partition coefficient (Wildman–Crippen LogP) is 2.10. The van der Waals surface area contributed by atoms with Gasteiger partial charge in [-0.05, 0) is 29.7 Å². The highest BCUT2D eigenvalue weighted by molar-refractivity contribution is 5.74. The second kappa shape index (κ2) is 8.80. The van der Waals surface area contributed by atoms with Crippen LogP contribution in [0, 0.1) is 0 Å². The third kappa shape index (κ3) is 5.64. The summed E-state index contributed by atoms with van der Waals surface area (Å²) in [4.78, 5) is 11.9. The van der Waals surface area contributed by atoms with Crippen molar-refractivity contribution < 1.29 is 14.6 Å². The van der Waals surface area contributed by atoms with Crippen molar-refractivity contribution in [3.8, 4) is 5.75 Å². The monoisotopic (exact) mass is 314 g/mol. The zero-order valence-corrected chi connectivity index (χ0v) is 13.2. The molecule has 0 aromatic heterocycles. The van der Waals surface area contributed by atoms with Crippen LogP contribution < -0.4 is 15.4 Å². The van der Waals surface area contributed by atoms with Crippen molar-refractivity contribution in [2.24, 2.45) is 0 Å². The van der Waals surface area contributed by atoms with Crippen molar-refractivity contribution >= 4 is 6.03 Å². The van der Waals surface area contributed by atoms with Crippen molar-refractivity contribution in [1.29, 1.82) is 0 Å². The normalized spacial score (nSPS) is 11.6. The molecule has 0 aliphatic rings. The first-order chi connectivity index (χ1) is 11.2. The van der Waals surface area contributed by atoms with E-state index in [1.807, 2.05) is 54.6 Å². The molecule has 0 radical (unpaired) electrons. The average molecular weight is 314 g/mol. The molecule has 0 spiro atoms. The smallest absolute Gasteiger partial charge is 0.315 e. The summed E-state index contributed by atoms with van der Waals surface area (Å²) < 4.78 is 5.09. The molecule has 5 nitrogen and oxygen atoms in total. The van der Waals surface area contributed by atoms with E-state index in [0.717, 1.165) is 16.9 Å². The van der Waals surface area contributed by atoms with Crippen LogP contribution in [0.3, 0.4) is 0 Å². The molecule has 1 atom stereocenters. The van der Waals surface area contributed by atoms with Crippen LogP contribution in [0.25, 0.3) is 0 Å². The largest absolute Gasteiger partial charge is 0.497 e. The zero-order valence-electron chi connectivity index (χ0n) is 13.2. The van der Waals surface area contributed by atoms with Crippen LogP contribution in [0.5, 0.6) is 5.75 Å². The van der Waals surface area contributed by atoms with Gasteiger partial charge in [0.2, 0.25) is 0 Å². The van der Waals surface area contributed by atoms with E-state index in [4.69, 9.17) is 4.74 Å². The number of aliphatic hydroxyl groups is 1. The molecule has 5 heteroatoms. The zero-order chi connectivity index (χ0) is 16.5. The fourth-order valence-corrected chi connectivity index (χ4v) is 2.22. The van der Waals surface area contributed by atoms with Crippen LogP contribution in [0.4, 0.5) is 4.79 Å². The molecule has 0 bridgehead atoms. The van der Waals surface area contributed by atoms with Crippen molar-refractivity contribution in [2.45, 2.75) is 19.0 Å². The maximum Gasteiger partial charge on any atom is 0.315 e. The fourth-order valence-electron chi connectivity index (χ4n) is 2.22. The van der Waals surface area contributed by atoms with Gasteiger partial charge in [0, 0.05) is 6.54 Å². The van der Waals surface area contributed by atoms with Gasteiger partial charge < -0.3 is 20.5 Å². The standard InChI is InChI=1S/C18H22N2O3/c1-23-17-9-7-15(8-10-17)12-19-18(22)20-16(13-21)11-14-5-3-2-4-6-14/h2-10,16,21H,11-13H2,1H3,(H2,19,20,22). The van der Waals surface area contributed by atoms with Crippen molar-refractivity contribution in [1.82, 2.24) is 10.6 Å². The maximum atomic E-state index is 11.9. The Hall–Kier alpha value is -2.53. The number of methoxy groups -OCH3 is 1. The van der Waals surface area contributed by atoms with E-state index in [1.54, 1.807) is 7.11 Å². The van der Waals surface area contributed by atoms with E-state index in [0.29, 0.717) is 13.0 Å². The average Bonchev–Trinajstić information content (AvgIpc) is 2.60. The van der Waals surface area contributed by atoms with Crippen LogP contribution in [0.1, 0.15) is 11.1 Å². The molecular weight excluding hydrogens is 292 g/mol. The van der Waals surface area contributed by atoms with E-state index in [9.17, 15) is 9.90 Å². The molecule has 0 saturated heterocycles. The highest BCUT2D eigenvalue weighted by Gasteiger charge is 2.11. The summed E-state index contributed by atoms with van der Waals surface area (Å²) in [7, 11) is 1.61. The molecule has 0 heterocycles. The number of carbonyl (C=O) groups excluding carboxylic acids is 1. The quantitative estimate of drug-likeness (QED) is 0.733. The summed E-state index contributed by atoms with van der Waals surface area (Å²) in [5.74, 6) is 0.779. The van der Waals surface area contributed by atoms with E-state index < -0.39 is 0 Å². The summed E-state index contributed by atoms with van der Waals surface area (Å²) in [6, 6.07) is 16.6. The summed E-state index contributed by atoms with van der Waals surface area (Å²) in [6.45, 7) is 0.310. The number of rotatable bonds is 7. The molecule has 2 amide bonds. The number of carbonyl (C=O) groups is 1. The van der Waals surface area contributed by atoms with Gasteiger partial charge in [-0.15, -0.1) is 0 Å². The maximum absolute atomic E-state index is 11.9. The highest BCUT2D eigenvalue weighted by atomic mass is 16.5. The van der Waals surface area contributed by atoms with E-state index in [-0.39, 0.29) is 18.7 Å². The molecular formula is C18H22N2O3. The number of nitrogens with one attached hydrogen (secondary N) is 2. The summed E-state index contributed by atoms with van der Waals surface area (Å²) in [5.41, 5.74) is 2.05. The summed E-state index contributed by atoms with van der Waals surface area (Å²) in [6.07, 6.45) is 0.591. The Kier molecular flexibility index (Phi) is 6.44. The first-order valence-electron chi connectivity index (χ1n) is 7.53. The lowest BCUT2D eigenvalue weighted by Gasteiger charge is -2.17. The number of benzene rings is 2. The number of hydrogen-bond acceptors (Lipinski definition) is 3. The number of urea groups is 1. The van der Waals surface area contributed by atoms with E-state index in [2.05, 4.69) is 10.6 Å². The number of amides is 2. The minimum atomic E-state index is -0.312. The Balaban J connectivity index is 1.80.